The van der Waals surface area contributed by atoms with Crippen LogP contribution in [-0.4, -0.2) is 13.1 Å². The summed E-state index contributed by atoms with van der Waals surface area (Å²) in [6.45, 7) is 0. The molecule has 112 valence electrons. The highest BCUT2D eigenvalue weighted by Crippen LogP contribution is 2.29. The van der Waals surface area contributed by atoms with Crippen LogP contribution in [0.4, 0.5) is 0 Å². The summed E-state index contributed by atoms with van der Waals surface area (Å²) in [4.78, 5) is 0. The molecule has 1 atom stereocenters. The first kappa shape index (κ1) is 16.3. The van der Waals surface area contributed by atoms with E-state index in [1.165, 1.54) is 50.5 Å². The first-order chi connectivity index (χ1) is 9.70. The van der Waals surface area contributed by atoms with Crippen molar-refractivity contribution in [3.05, 3.63) is 33.3 Å². The molecule has 1 aromatic rings. The van der Waals surface area contributed by atoms with E-state index in [0.29, 0.717) is 6.04 Å². The van der Waals surface area contributed by atoms with E-state index < -0.39 is 0 Å². The summed E-state index contributed by atoms with van der Waals surface area (Å²) in [6, 6.07) is 6.79. The molecule has 1 aromatic carbocycles. The van der Waals surface area contributed by atoms with E-state index in [1.54, 1.807) is 0 Å². The van der Waals surface area contributed by atoms with Gasteiger partial charge in [-0.3, -0.25) is 0 Å². The quantitative estimate of drug-likeness (QED) is 0.739. The number of rotatable bonds is 4. The number of hydrogen-bond acceptors (Lipinski definition) is 1. The zero-order chi connectivity index (χ0) is 14.4. The van der Waals surface area contributed by atoms with Crippen molar-refractivity contribution in [1.29, 1.82) is 0 Å². The van der Waals surface area contributed by atoms with E-state index in [1.807, 2.05) is 6.07 Å². The Hall–Kier alpha value is -0.0500. The van der Waals surface area contributed by atoms with Gasteiger partial charge >= 0.3 is 0 Å². The van der Waals surface area contributed by atoms with E-state index in [2.05, 4.69) is 40.4 Å². The van der Waals surface area contributed by atoms with E-state index in [4.69, 9.17) is 11.6 Å². The molecule has 1 fully saturated rings. The van der Waals surface area contributed by atoms with Crippen molar-refractivity contribution in [2.75, 3.05) is 7.05 Å². The Morgan fingerprint density at radius 2 is 1.85 bits per heavy atom. The largest absolute Gasteiger partial charge is 0.316 e. The Morgan fingerprint density at radius 1 is 1.20 bits per heavy atom. The van der Waals surface area contributed by atoms with Crippen molar-refractivity contribution in [1.82, 2.24) is 5.32 Å². The van der Waals surface area contributed by atoms with Crippen molar-refractivity contribution in [3.63, 3.8) is 0 Å². The van der Waals surface area contributed by atoms with Crippen LogP contribution in [0.15, 0.2) is 22.7 Å². The van der Waals surface area contributed by atoms with Crippen LogP contribution in [0.1, 0.15) is 50.5 Å². The van der Waals surface area contributed by atoms with E-state index in [9.17, 15) is 0 Å². The van der Waals surface area contributed by atoms with Crippen LogP contribution in [0.25, 0.3) is 0 Å². The van der Waals surface area contributed by atoms with Crippen LogP contribution in [0.5, 0.6) is 0 Å². The number of nitrogens with one attached hydrogen (secondary N) is 1. The molecule has 0 spiro atoms. The van der Waals surface area contributed by atoms with Gasteiger partial charge in [0.2, 0.25) is 0 Å². The number of halogens is 2. The molecular formula is C17H25BrClN. The van der Waals surface area contributed by atoms with Gasteiger partial charge in [0.25, 0.3) is 0 Å². The molecule has 1 aliphatic rings. The fourth-order valence-electron chi connectivity index (χ4n) is 3.32. The lowest BCUT2D eigenvalue weighted by Crippen LogP contribution is -2.36. The van der Waals surface area contributed by atoms with Crippen molar-refractivity contribution in [2.24, 2.45) is 5.92 Å². The fraction of sp³-hybridized carbons (Fsp3) is 0.647. The zero-order valence-electron chi connectivity index (χ0n) is 12.3. The normalized spacial score (nSPS) is 19.4. The summed E-state index contributed by atoms with van der Waals surface area (Å²) >= 11 is 9.85. The highest BCUT2D eigenvalue weighted by Gasteiger charge is 2.21. The second kappa shape index (κ2) is 8.41. The van der Waals surface area contributed by atoms with Gasteiger partial charge in [0, 0.05) is 15.5 Å². The lowest BCUT2D eigenvalue weighted by atomic mass is 9.83. The van der Waals surface area contributed by atoms with E-state index in [-0.39, 0.29) is 0 Å². The summed E-state index contributed by atoms with van der Waals surface area (Å²) in [5.41, 5.74) is 1.26. The highest BCUT2D eigenvalue weighted by molar-refractivity contribution is 9.10. The third-order valence-corrected chi connectivity index (χ3v) is 5.39. The van der Waals surface area contributed by atoms with Gasteiger partial charge in [-0.25, -0.2) is 0 Å². The molecule has 1 aliphatic carbocycles. The van der Waals surface area contributed by atoms with Gasteiger partial charge in [-0.2, -0.15) is 0 Å². The Labute approximate surface area is 136 Å². The maximum atomic E-state index is 6.37. The molecule has 0 heterocycles. The monoisotopic (exact) mass is 357 g/mol. The first-order valence-electron chi connectivity index (χ1n) is 7.82. The molecule has 1 N–H and O–H groups in total. The van der Waals surface area contributed by atoms with Crippen molar-refractivity contribution >= 4 is 27.5 Å². The molecule has 0 bridgehead atoms. The van der Waals surface area contributed by atoms with Gasteiger partial charge in [0.05, 0.1) is 0 Å². The summed E-state index contributed by atoms with van der Waals surface area (Å²) in [6.07, 6.45) is 10.8. The molecule has 0 radical (unpaired) electrons. The molecule has 1 nitrogen and oxygen atoms in total. The third kappa shape index (κ3) is 4.75. The van der Waals surface area contributed by atoms with Gasteiger partial charge in [-0.05, 0) is 49.9 Å². The standard InChI is InChI=1S/C17H25BrClN/c1-20-17(13-7-5-3-2-4-6-8-13)11-14-9-10-15(18)12-16(14)19/h9-10,12-13,17,20H,2-8,11H2,1H3. The molecule has 20 heavy (non-hydrogen) atoms. The molecule has 1 unspecified atom stereocenters. The minimum Gasteiger partial charge on any atom is -0.316 e. The third-order valence-electron chi connectivity index (χ3n) is 4.54. The number of likely N-dealkylation sites (N-methyl/N-ethyl adjacent to an activating group) is 1. The molecule has 0 amide bonds. The average molecular weight is 359 g/mol. The molecule has 0 aromatic heterocycles. The minimum atomic E-state index is 0.548. The summed E-state index contributed by atoms with van der Waals surface area (Å²) in [5.74, 6) is 0.792. The zero-order valence-corrected chi connectivity index (χ0v) is 14.6. The van der Waals surface area contributed by atoms with Crippen molar-refractivity contribution < 1.29 is 0 Å². The average Bonchev–Trinajstić information content (AvgIpc) is 2.39. The number of hydrogen-bond donors (Lipinski definition) is 1. The second-order valence-electron chi connectivity index (χ2n) is 5.94. The van der Waals surface area contributed by atoms with Crippen molar-refractivity contribution in [3.8, 4) is 0 Å². The Bertz CT molecular complexity index is 413. The lowest BCUT2D eigenvalue weighted by molar-refractivity contribution is 0.294. The molecule has 0 aliphatic heterocycles. The first-order valence-corrected chi connectivity index (χ1v) is 8.99. The van der Waals surface area contributed by atoms with Crippen molar-refractivity contribution in [2.45, 2.75) is 57.4 Å². The molecule has 0 saturated heterocycles. The molecule has 3 heteroatoms. The van der Waals surface area contributed by atoms with Gasteiger partial charge in [-0.1, -0.05) is 65.7 Å². The fourth-order valence-corrected chi connectivity index (χ4v) is 4.07. The lowest BCUT2D eigenvalue weighted by Gasteiger charge is -2.29. The van der Waals surface area contributed by atoms with Gasteiger partial charge in [-0.15, -0.1) is 0 Å². The number of benzene rings is 1. The van der Waals surface area contributed by atoms with Crippen LogP contribution in [0, 0.1) is 5.92 Å². The van der Waals surface area contributed by atoms with E-state index in [0.717, 1.165) is 21.8 Å². The van der Waals surface area contributed by atoms with Crippen LogP contribution in [-0.2, 0) is 6.42 Å². The minimum absolute atomic E-state index is 0.548. The Kier molecular flexibility index (Phi) is 6.86. The van der Waals surface area contributed by atoms with Gasteiger partial charge < -0.3 is 5.32 Å². The molecule has 2 rings (SSSR count). The second-order valence-corrected chi connectivity index (χ2v) is 7.26. The SMILES string of the molecule is CNC(Cc1ccc(Br)cc1Cl)C1CCCCCCC1. The van der Waals surface area contributed by atoms with Gasteiger partial charge in [0.15, 0.2) is 0 Å². The van der Waals surface area contributed by atoms with E-state index >= 15 is 0 Å². The molecular weight excluding hydrogens is 334 g/mol. The highest BCUT2D eigenvalue weighted by atomic mass is 79.9. The topological polar surface area (TPSA) is 12.0 Å². The Morgan fingerprint density at radius 3 is 2.45 bits per heavy atom. The summed E-state index contributed by atoms with van der Waals surface area (Å²) in [7, 11) is 2.09. The molecule has 1 saturated carbocycles. The predicted molar refractivity (Wildman–Crippen MR) is 91.5 cm³/mol. The maximum Gasteiger partial charge on any atom is 0.0449 e. The maximum absolute atomic E-state index is 6.37. The smallest absolute Gasteiger partial charge is 0.0449 e. The Balaban J connectivity index is 2.03. The van der Waals surface area contributed by atoms with Crippen LogP contribution >= 0.6 is 27.5 Å². The van der Waals surface area contributed by atoms with Gasteiger partial charge in [0.1, 0.15) is 0 Å². The van der Waals surface area contributed by atoms with Crippen LogP contribution in [0.3, 0.4) is 0 Å². The summed E-state index contributed by atoms with van der Waals surface area (Å²) in [5, 5.41) is 4.42. The van der Waals surface area contributed by atoms with Crippen LogP contribution < -0.4 is 5.32 Å². The summed E-state index contributed by atoms with van der Waals surface area (Å²) < 4.78 is 1.05. The predicted octanol–water partition coefficient (Wildman–Crippen LogP) is 5.59. The van der Waals surface area contributed by atoms with Crippen LogP contribution in [0.2, 0.25) is 5.02 Å².